The van der Waals surface area contributed by atoms with Crippen molar-refractivity contribution >= 4 is 46.7 Å². The van der Waals surface area contributed by atoms with E-state index >= 15 is 0 Å². The molecule has 0 aliphatic carbocycles. The van der Waals surface area contributed by atoms with E-state index < -0.39 is 5.25 Å². The summed E-state index contributed by atoms with van der Waals surface area (Å²) in [6.45, 7) is 0.786. The molecule has 0 spiro atoms. The monoisotopic (exact) mass is 508 g/mol. The number of nitrogens with zero attached hydrogens (tertiary/aromatic N) is 7. The summed E-state index contributed by atoms with van der Waals surface area (Å²) in [5.41, 5.74) is 2.02. The molecule has 5 heterocycles. The summed E-state index contributed by atoms with van der Waals surface area (Å²) in [7, 11) is 1.59. The van der Waals surface area contributed by atoms with Gasteiger partial charge in [0.05, 0.1) is 29.4 Å². The van der Waals surface area contributed by atoms with Gasteiger partial charge in [-0.2, -0.15) is 17.7 Å². The minimum absolute atomic E-state index is 0.0769. The van der Waals surface area contributed by atoms with Crippen LogP contribution in [-0.2, 0) is 0 Å². The lowest BCUT2D eigenvalue weighted by Crippen LogP contribution is -2.37. The van der Waals surface area contributed by atoms with Crippen LogP contribution in [0.4, 0.5) is 5.82 Å². The lowest BCUT2D eigenvalue weighted by Gasteiger charge is -2.30. The Bertz CT molecular complexity index is 1610. The zero-order valence-electron chi connectivity index (χ0n) is 18.7. The van der Waals surface area contributed by atoms with Crippen LogP contribution in [0.25, 0.3) is 22.4 Å². The van der Waals surface area contributed by atoms with Crippen LogP contribution in [0.1, 0.15) is 23.9 Å². The maximum absolute atomic E-state index is 13.7. The number of imidazole rings is 1. The Kier molecular flexibility index (Phi) is 5.37. The van der Waals surface area contributed by atoms with E-state index in [-0.39, 0.29) is 11.6 Å². The molecule has 178 valence electrons. The molecule has 1 unspecified atom stereocenters. The van der Waals surface area contributed by atoms with Gasteiger partial charge in [-0.1, -0.05) is 17.7 Å². The number of benzene rings is 1. The lowest BCUT2D eigenvalue weighted by molar-refractivity contribution is 0.414. The van der Waals surface area contributed by atoms with E-state index in [0.29, 0.717) is 33.4 Å². The van der Waals surface area contributed by atoms with Gasteiger partial charge in [-0.15, -0.1) is 0 Å². The van der Waals surface area contributed by atoms with Crippen molar-refractivity contribution in [1.29, 1.82) is 0 Å². The Morgan fingerprint density at radius 1 is 1.26 bits per heavy atom. The van der Waals surface area contributed by atoms with Gasteiger partial charge in [-0.25, -0.2) is 19.5 Å². The Morgan fingerprint density at radius 3 is 3.00 bits per heavy atom. The van der Waals surface area contributed by atoms with Gasteiger partial charge in [0.15, 0.2) is 17.3 Å². The van der Waals surface area contributed by atoms with Crippen molar-refractivity contribution in [3.05, 3.63) is 70.4 Å². The van der Waals surface area contributed by atoms with Crippen LogP contribution < -0.4 is 15.2 Å². The number of ether oxygens (including phenoxy) is 1. The maximum Gasteiger partial charge on any atom is 0.284 e. The molecule has 0 radical (unpaired) electrons. The molecular formula is C23H21ClN8O2S. The number of methoxy groups -OCH3 is 1. The largest absolute Gasteiger partial charge is 0.497 e. The van der Waals surface area contributed by atoms with Crippen LogP contribution in [0.15, 0.2) is 54.0 Å². The van der Waals surface area contributed by atoms with E-state index in [2.05, 4.69) is 24.8 Å². The summed E-state index contributed by atoms with van der Waals surface area (Å²) < 4.78 is 8.50. The predicted molar refractivity (Wildman–Crippen MR) is 136 cm³/mol. The van der Waals surface area contributed by atoms with Gasteiger partial charge in [0.2, 0.25) is 0 Å². The van der Waals surface area contributed by atoms with Crippen LogP contribution in [0.2, 0.25) is 5.02 Å². The van der Waals surface area contributed by atoms with E-state index in [9.17, 15) is 4.79 Å². The standard InChI is InChI=1S/C23H21ClN8O2S/c1-34-14-5-2-4-13(10-14)32-22(29-31-9-7-15(24)18(31)23(32)33)19(35)16-6-3-8-30(16)21-17-20(26-11-25-17)27-12-28-21/h2,4-5,7,9-12,16,19,35H,3,6,8H2,1H3,(H,25,26,27,28)/t16-,19?/m0/s1. The second kappa shape index (κ2) is 8.58. The number of anilines is 1. The maximum atomic E-state index is 13.7. The van der Waals surface area contributed by atoms with Crippen molar-refractivity contribution in [2.24, 2.45) is 0 Å². The highest BCUT2D eigenvalue weighted by Gasteiger charge is 2.36. The smallest absolute Gasteiger partial charge is 0.284 e. The third-order valence-corrected chi connectivity index (χ3v) is 7.26. The summed E-state index contributed by atoms with van der Waals surface area (Å²) in [6.07, 6.45) is 6.61. The first kappa shape index (κ1) is 21.9. The molecule has 6 rings (SSSR count). The van der Waals surface area contributed by atoms with Gasteiger partial charge in [0, 0.05) is 24.8 Å². The Balaban J connectivity index is 1.52. The zero-order valence-corrected chi connectivity index (χ0v) is 20.3. The van der Waals surface area contributed by atoms with Crippen LogP contribution in [0.3, 0.4) is 0 Å². The number of rotatable bonds is 5. The van der Waals surface area contributed by atoms with Crippen molar-refractivity contribution in [3.8, 4) is 11.4 Å². The molecule has 0 bridgehead atoms. The SMILES string of the molecule is COc1cccc(-n2c(C(S)[C@@H]3CCCN3c3ncnc4nc[nH]c34)nn3ccc(Cl)c3c2=O)c1. The first-order valence-corrected chi connectivity index (χ1v) is 12.0. The number of halogens is 1. The molecule has 1 aliphatic heterocycles. The summed E-state index contributed by atoms with van der Waals surface area (Å²) in [4.78, 5) is 32.1. The van der Waals surface area contributed by atoms with Crippen LogP contribution >= 0.6 is 24.2 Å². The number of nitrogens with one attached hydrogen (secondary N) is 1. The first-order chi connectivity index (χ1) is 17.1. The number of aromatic amines is 1. The van der Waals surface area contributed by atoms with Crippen molar-refractivity contribution < 1.29 is 4.74 Å². The molecule has 1 N–H and O–H groups in total. The zero-order chi connectivity index (χ0) is 24.1. The van der Waals surface area contributed by atoms with E-state index in [4.69, 9.17) is 34.1 Å². The number of aromatic nitrogens is 7. The van der Waals surface area contributed by atoms with Gasteiger partial charge in [0.25, 0.3) is 5.56 Å². The van der Waals surface area contributed by atoms with Crippen molar-refractivity contribution in [3.63, 3.8) is 0 Å². The fraction of sp³-hybridized carbons (Fsp3) is 0.261. The third-order valence-electron chi connectivity index (χ3n) is 6.38. The fourth-order valence-electron chi connectivity index (χ4n) is 4.76. The van der Waals surface area contributed by atoms with Crippen LogP contribution in [0.5, 0.6) is 5.75 Å². The van der Waals surface area contributed by atoms with Gasteiger partial charge < -0.3 is 14.6 Å². The summed E-state index contributed by atoms with van der Waals surface area (Å²) in [5.74, 6) is 1.88. The molecule has 0 saturated carbocycles. The number of fused-ring (bicyclic) bond motifs is 2. The molecule has 4 aromatic heterocycles. The van der Waals surface area contributed by atoms with Gasteiger partial charge in [0.1, 0.15) is 23.1 Å². The highest BCUT2D eigenvalue weighted by Crippen LogP contribution is 2.37. The van der Waals surface area contributed by atoms with E-state index in [1.165, 1.54) is 10.8 Å². The average Bonchev–Trinajstić information content (AvgIpc) is 3.63. The third kappa shape index (κ3) is 3.53. The van der Waals surface area contributed by atoms with Gasteiger partial charge in [-0.05, 0) is 31.0 Å². The molecule has 2 atom stereocenters. The van der Waals surface area contributed by atoms with E-state index in [1.807, 2.05) is 18.2 Å². The number of hydrogen-bond acceptors (Lipinski definition) is 8. The minimum atomic E-state index is -0.421. The Labute approximate surface area is 210 Å². The van der Waals surface area contributed by atoms with Crippen molar-refractivity contribution in [2.75, 3.05) is 18.6 Å². The average molecular weight is 509 g/mol. The lowest BCUT2D eigenvalue weighted by atomic mass is 10.1. The molecule has 35 heavy (non-hydrogen) atoms. The molecule has 10 nitrogen and oxygen atoms in total. The van der Waals surface area contributed by atoms with Crippen LogP contribution in [0, 0.1) is 0 Å². The van der Waals surface area contributed by atoms with Gasteiger partial charge >= 0.3 is 0 Å². The Morgan fingerprint density at radius 2 is 2.14 bits per heavy atom. The second-order valence-electron chi connectivity index (χ2n) is 8.30. The highest BCUT2D eigenvalue weighted by molar-refractivity contribution is 7.80. The second-order valence-corrected chi connectivity index (χ2v) is 9.27. The summed E-state index contributed by atoms with van der Waals surface area (Å²) in [6, 6.07) is 8.88. The number of H-pyrrole nitrogens is 1. The number of thiol groups is 1. The van der Waals surface area contributed by atoms with Gasteiger partial charge in [-0.3, -0.25) is 9.36 Å². The molecule has 1 aliphatic rings. The molecule has 1 saturated heterocycles. The van der Waals surface area contributed by atoms with Crippen LogP contribution in [-0.4, -0.2) is 53.8 Å². The van der Waals surface area contributed by atoms with E-state index in [1.54, 1.807) is 36.3 Å². The molecule has 12 heteroatoms. The van der Waals surface area contributed by atoms with Crippen molar-refractivity contribution in [2.45, 2.75) is 24.1 Å². The summed E-state index contributed by atoms with van der Waals surface area (Å²) in [5, 5.41) is 4.73. The van der Waals surface area contributed by atoms with E-state index in [0.717, 1.165) is 30.7 Å². The Hall–Kier alpha value is -3.57. The molecule has 5 aromatic rings. The minimum Gasteiger partial charge on any atom is -0.497 e. The van der Waals surface area contributed by atoms with Crippen molar-refractivity contribution in [1.82, 2.24) is 34.1 Å². The fourth-order valence-corrected chi connectivity index (χ4v) is 5.46. The molecule has 1 aromatic carbocycles. The molecular weight excluding hydrogens is 488 g/mol. The molecule has 1 fully saturated rings. The normalized spacial score (nSPS) is 16.9. The summed E-state index contributed by atoms with van der Waals surface area (Å²) >= 11 is 11.4. The molecule has 0 amide bonds. The topological polar surface area (TPSA) is 106 Å². The highest BCUT2D eigenvalue weighted by atomic mass is 35.5. The number of hydrogen-bond donors (Lipinski definition) is 2. The quantitative estimate of drug-likeness (QED) is 0.350. The predicted octanol–water partition coefficient (Wildman–Crippen LogP) is 3.45. The first-order valence-electron chi connectivity index (χ1n) is 11.1.